The molecule has 1 saturated carbocycles. The van der Waals surface area contributed by atoms with Gasteiger partial charge in [-0.2, -0.15) is 0 Å². The van der Waals surface area contributed by atoms with Crippen LogP contribution in [0.3, 0.4) is 0 Å². The number of ether oxygens (including phenoxy) is 3. The number of halogens is 1. The van der Waals surface area contributed by atoms with Crippen molar-refractivity contribution in [3.05, 3.63) is 56.4 Å². The Morgan fingerprint density at radius 3 is 2.18 bits per heavy atom. The largest absolute Gasteiger partial charge is 0.481 e. The smallest absolute Gasteiger partial charge is 0.411 e. The van der Waals surface area contributed by atoms with E-state index in [-0.39, 0.29) is 29.1 Å². The molecule has 4 rings (SSSR count). The minimum absolute atomic E-state index is 0.0139. The highest BCUT2D eigenvalue weighted by molar-refractivity contribution is 6.29. The fourth-order valence-electron chi connectivity index (χ4n) is 4.20. The van der Waals surface area contributed by atoms with Crippen LogP contribution < -0.4 is 25.7 Å². The molecule has 202 valence electrons. The second-order valence-corrected chi connectivity index (χ2v) is 9.66. The average molecular weight is 543 g/mol. The first-order valence-corrected chi connectivity index (χ1v) is 12.5. The van der Waals surface area contributed by atoms with Crippen LogP contribution in [0.2, 0.25) is 5.15 Å². The fraction of sp³-hybridized carbons (Fsp3) is 0.423. The highest BCUT2D eigenvalue weighted by atomic mass is 35.5. The Kier molecular flexibility index (Phi) is 8.05. The Bertz CT molecular complexity index is 1420. The number of hydrogen-bond donors (Lipinski definition) is 2. The number of nitrogens with zero attached hydrogens (tertiary/aromatic N) is 4. The minimum Gasteiger partial charge on any atom is -0.481 e. The number of carbonyl (C=O) groups excluding carboxylic acids is 1. The maximum atomic E-state index is 13.5. The number of rotatable bonds is 9. The summed E-state index contributed by atoms with van der Waals surface area (Å²) in [7, 11) is 3.09. The molecule has 0 radical (unpaired) electrons. The maximum absolute atomic E-state index is 13.5. The third kappa shape index (κ3) is 5.99. The van der Waals surface area contributed by atoms with Crippen molar-refractivity contribution < 1.29 is 19.0 Å². The highest BCUT2D eigenvalue weighted by Crippen LogP contribution is 2.40. The molecule has 3 heterocycles. The van der Waals surface area contributed by atoms with Gasteiger partial charge in [-0.1, -0.05) is 11.6 Å². The van der Waals surface area contributed by atoms with E-state index in [2.05, 4.69) is 25.6 Å². The van der Waals surface area contributed by atoms with Crippen molar-refractivity contribution in [3.8, 4) is 11.8 Å². The van der Waals surface area contributed by atoms with Crippen LogP contribution in [0.5, 0.6) is 11.8 Å². The van der Waals surface area contributed by atoms with E-state index in [1.54, 1.807) is 34.1 Å². The van der Waals surface area contributed by atoms with Crippen molar-refractivity contribution in [1.29, 1.82) is 0 Å². The van der Waals surface area contributed by atoms with Crippen LogP contribution in [0.1, 0.15) is 41.4 Å². The lowest BCUT2D eigenvalue weighted by atomic mass is 10.2. The molecule has 3 aromatic heterocycles. The van der Waals surface area contributed by atoms with Gasteiger partial charge in [-0.05, 0) is 58.6 Å². The molecule has 0 saturated heterocycles. The molecule has 1 aliphatic carbocycles. The molecule has 0 spiro atoms. The Hall–Kier alpha value is -3.86. The molecule has 38 heavy (non-hydrogen) atoms. The number of anilines is 3. The number of aromatic nitrogens is 4. The quantitative estimate of drug-likeness (QED) is 0.388. The summed E-state index contributed by atoms with van der Waals surface area (Å²) >= 11 is 6.32. The van der Waals surface area contributed by atoms with Gasteiger partial charge in [0.2, 0.25) is 11.8 Å². The first-order chi connectivity index (χ1) is 18.1. The zero-order valence-corrected chi connectivity index (χ0v) is 23.0. The summed E-state index contributed by atoms with van der Waals surface area (Å²) in [5.74, 6) is 1.22. The SMILES string of the molecule is COc1nc(C)c(NC(=O)OC[C@@H](C2CC2)n2cc(Cl)nc(Nc3cc(C)c(OC)nc3C)c2=O)cc1C. The second kappa shape index (κ2) is 11.3. The molecular weight excluding hydrogens is 512 g/mol. The lowest BCUT2D eigenvalue weighted by Gasteiger charge is -2.21. The molecule has 12 heteroatoms. The molecule has 1 atom stereocenters. The highest BCUT2D eigenvalue weighted by Gasteiger charge is 2.35. The molecule has 3 aromatic rings. The number of pyridine rings is 2. The van der Waals surface area contributed by atoms with Crippen LogP contribution in [0.25, 0.3) is 0 Å². The molecule has 1 amide bonds. The fourth-order valence-corrected chi connectivity index (χ4v) is 4.39. The third-order valence-electron chi connectivity index (χ3n) is 6.40. The summed E-state index contributed by atoms with van der Waals surface area (Å²) in [4.78, 5) is 39.1. The lowest BCUT2D eigenvalue weighted by Crippen LogP contribution is -2.32. The summed E-state index contributed by atoms with van der Waals surface area (Å²) in [6, 6.07) is 3.20. The van der Waals surface area contributed by atoms with Crippen molar-refractivity contribution in [2.75, 3.05) is 31.5 Å². The molecular formula is C26H31ClN6O5. The van der Waals surface area contributed by atoms with Crippen LogP contribution in [0.4, 0.5) is 22.0 Å². The average Bonchev–Trinajstić information content (AvgIpc) is 3.71. The molecule has 0 aromatic carbocycles. The first-order valence-electron chi connectivity index (χ1n) is 12.1. The third-order valence-corrected chi connectivity index (χ3v) is 6.58. The number of carbonyl (C=O) groups is 1. The van der Waals surface area contributed by atoms with Crippen LogP contribution in [0.15, 0.2) is 23.1 Å². The molecule has 1 aliphatic rings. The van der Waals surface area contributed by atoms with E-state index in [4.69, 9.17) is 25.8 Å². The molecule has 0 aliphatic heterocycles. The van der Waals surface area contributed by atoms with Crippen molar-refractivity contribution in [2.45, 2.75) is 46.6 Å². The van der Waals surface area contributed by atoms with E-state index in [9.17, 15) is 9.59 Å². The number of hydrogen-bond acceptors (Lipinski definition) is 9. The van der Waals surface area contributed by atoms with Crippen LogP contribution in [0, 0.1) is 33.6 Å². The summed E-state index contributed by atoms with van der Waals surface area (Å²) in [6.07, 6.45) is 2.65. The van der Waals surface area contributed by atoms with Gasteiger partial charge in [-0.15, -0.1) is 0 Å². The predicted octanol–water partition coefficient (Wildman–Crippen LogP) is 4.88. The zero-order chi connectivity index (χ0) is 27.6. The van der Waals surface area contributed by atoms with E-state index in [1.165, 1.54) is 10.8 Å². The summed E-state index contributed by atoms with van der Waals surface area (Å²) in [5.41, 5.74) is 3.56. The molecule has 2 N–H and O–H groups in total. The summed E-state index contributed by atoms with van der Waals surface area (Å²) in [5, 5.41) is 5.92. The summed E-state index contributed by atoms with van der Waals surface area (Å²) < 4.78 is 17.5. The van der Waals surface area contributed by atoms with Gasteiger partial charge in [0.1, 0.15) is 11.8 Å². The van der Waals surface area contributed by atoms with Gasteiger partial charge >= 0.3 is 6.09 Å². The number of nitrogens with one attached hydrogen (secondary N) is 2. The van der Waals surface area contributed by atoms with Gasteiger partial charge < -0.3 is 24.1 Å². The number of amides is 1. The monoisotopic (exact) mass is 542 g/mol. The van der Waals surface area contributed by atoms with Crippen LogP contribution in [-0.4, -0.2) is 46.4 Å². The molecule has 0 unspecified atom stereocenters. The number of aryl methyl sites for hydroxylation is 4. The van der Waals surface area contributed by atoms with Gasteiger partial charge in [0.25, 0.3) is 5.56 Å². The van der Waals surface area contributed by atoms with Gasteiger partial charge in [-0.25, -0.2) is 19.7 Å². The van der Waals surface area contributed by atoms with Crippen LogP contribution >= 0.6 is 11.6 Å². The Balaban J connectivity index is 1.53. The zero-order valence-electron chi connectivity index (χ0n) is 22.2. The van der Waals surface area contributed by atoms with E-state index in [0.29, 0.717) is 34.5 Å². The first kappa shape index (κ1) is 27.2. The van der Waals surface area contributed by atoms with Gasteiger partial charge in [0.15, 0.2) is 5.82 Å². The van der Waals surface area contributed by atoms with Gasteiger partial charge in [-0.3, -0.25) is 10.1 Å². The number of methoxy groups -OCH3 is 2. The van der Waals surface area contributed by atoms with Gasteiger partial charge in [0, 0.05) is 17.3 Å². The van der Waals surface area contributed by atoms with E-state index in [0.717, 1.165) is 24.0 Å². The molecule has 1 fully saturated rings. The van der Waals surface area contributed by atoms with Crippen molar-refractivity contribution in [3.63, 3.8) is 0 Å². The normalized spacial score (nSPS) is 13.6. The van der Waals surface area contributed by atoms with Crippen molar-refractivity contribution >= 4 is 34.9 Å². The van der Waals surface area contributed by atoms with E-state index < -0.39 is 12.1 Å². The Labute approximate surface area is 225 Å². The second-order valence-electron chi connectivity index (χ2n) is 9.27. The maximum Gasteiger partial charge on any atom is 0.411 e. The Morgan fingerprint density at radius 2 is 1.61 bits per heavy atom. The minimum atomic E-state index is -0.646. The van der Waals surface area contributed by atoms with Crippen molar-refractivity contribution in [2.24, 2.45) is 5.92 Å². The van der Waals surface area contributed by atoms with Crippen LogP contribution in [-0.2, 0) is 4.74 Å². The molecule has 0 bridgehead atoms. The van der Waals surface area contributed by atoms with E-state index in [1.807, 2.05) is 19.9 Å². The lowest BCUT2D eigenvalue weighted by molar-refractivity contribution is 0.135. The predicted molar refractivity (Wildman–Crippen MR) is 144 cm³/mol. The Morgan fingerprint density at radius 1 is 1.03 bits per heavy atom. The topological polar surface area (TPSA) is 129 Å². The standard InChI is InChI=1S/C26H31ClN6O5/c1-13-9-18(15(3)28-23(13)36-5)30-22-25(34)33(11-21(27)32-22)20(17-7-8-17)12-38-26(35)31-19-10-14(2)24(37-6)29-16(19)4/h9-11,17,20H,7-8,12H2,1-6H3,(H,30,32)(H,31,35)/t20-/m0/s1. The van der Waals surface area contributed by atoms with Gasteiger partial charge in [0.05, 0.1) is 43.0 Å². The summed E-state index contributed by atoms with van der Waals surface area (Å²) in [6.45, 7) is 7.24. The van der Waals surface area contributed by atoms with E-state index >= 15 is 0 Å². The molecule has 11 nitrogen and oxygen atoms in total. The van der Waals surface area contributed by atoms with Crippen molar-refractivity contribution in [1.82, 2.24) is 19.5 Å².